The van der Waals surface area contributed by atoms with Crippen LogP contribution in [0.2, 0.25) is 5.02 Å². The molecule has 0 radical (unpaired) electrons. The van der Waals surface area contributed by atoms with Crippen LogP contribution in [0, 0.1) is 6.92 Å². The Morgan fingerprint density at radius 3 is 2.22 bits per heavy atom. The second-order valence-corrected chi connectivity index (χ2v) is 10.4. The first-order chi connectivity index (χ1) is 15.4. The summed E-state index contributed by atoms with van der Waals surface area (Å²) < 4.78 is 33.5. The van der Waals surface area contributed by atoms with Crippen molar-refractivity contribution in [3.63, 3.8) is 0 Å². The van der Waals surface area contributed by atoms with E-state index in [0.29, 0.717) is 42.7 Å². The van der Waals surface area contributed by atoms with Crippen LogP contribution in [0.5, 0.6) is 5.75 Å². The van der Waals surface area contributed by atoms with Gasteiger partial charge >= 0.3 is 0 Å². The summed E-state index contributed by atoms with van der Waals surface area (Å²) in [6, 6.07) is 22.7. The monoisotopic (exact) mass is 470 g/mol. The summed E-state index contributed by atoms with van der Waals surface area (Å²) in [5, 5.41) is 0.706. The highest BCUT2D eigenvalue weighted by molar-refractivity contribution is 7.89. The first-order valence-corrected chi connectivity index (χ1v) is 12.5. The second-order valence-electron chi connectivity index (χ2n) is 8.02. The standard InChI is InChI=1S/C25H27ClN2O3S/c1-20-6-12-24(13-7-20)32(29,30)28-16-14-27(15-17-28)18-22-4-2-3-5-25(22)31-19-21-8-10-23(26)11-9-21/h2-13H,14-19H2,1H3. The average molecular weight is 471 g/mol. The average Bonchev–Trinajstić information content (AvgIpc) is 2.80. The summed E-state index contributed by atoms with van der Waals surface area (Å²) in [6.07, 6.45) is 0. The van der Waals surface area contributed by atoms with Gasteiger partial charge in [0, 0.05) is 43.3 Å². The molecule has 32 heavy (non-hydrogen) atoms. The predicted octanol–water partition coefficient (Wildman–Crippen LogP) is 4.73. The van der Waals surface area contributed by atoms with E-state index in [4.69, 9.17) is 16.3 Å². The number of benzene rings is 3. The van der Waals surface area contributed by atoms with E-state index in [1.165, 1.54) is 0 Å². The summed E-state index contributed by atoms with van der Waals surface area (Å²) in [4.78, 5) is 2.63. The minimum Gasteiger partial charge on any atom is -0.489 e. The third-order valence-corrected chi connectivity index (χ3v) is 7.83. The molecule has 1 fully saturated rings. The second kappa shape index (κ2) is 10.0. The van der Waals surface area contributed by atoms with Crippen LogP contribution in [-0.4, -0.2) is 43.8 Å². The van der Waals surface area contributed by atoms with E-state index in [1.54, 1.807) is 16.4 Å². The molecule has 3 aromatic carbocycles. The number of aryl methyl sites for hydroxylation is 1. The maximum absolute atomic E-state index is 12.9. The SMILES string of the molecule is Cc1ccc(S(=O)(=O)N2CCN(Cc3ccccc3OCc3ccc(Cl)cc3)CC2)cc1. The van der Waals surface area contributed by atoms with Crippen molar-refractivity contribution in [1.82, 2.24) is 9.21 Å². The zero-order chi connectivity index (χ0) is 22.6. The predicted molar refractivity (Wildman–Crippen MR) is 127 cm³/mol. The van der Waals surface area contributed by atoms with Gasteiger partial charge in [0.1, 0.15) is 12.4 Å². The minimum atomic E-state index is -3.45. The maximum Gasteiger partial charge on any atom is 0.243 e. The summed E-state index contributed by atoms with van der Waals surface area (Å²) in [5.41, 5.74) is 3.20. The molecule has 5 nitrogen and oxygen atoms in total. The zero-order valence-corrected chi connectivity index (χ0v) is 19.6. The topological polar surface area (TPSA) is 49.9 Å². The molecule has 168 valence electrons. The van der Waals surface area contributed by atoms with Crippen molar-refractivity contribution in [3.8, 4) is 5.75 Å². The highest BCUT2D eigenvalue weighted by atomic mass is 35.5. The first-order valence-electron chi connectivity index (χ1n) is 10.7. The van der Waals surface area contributed by atoms with E-state index in [-0.39, 0.29) is 0 Å². The summed E-state index contributed by atoms with van der Waals surface area (Å²) in [5.74, 6) is 0.845. The molecule has 0 bridgehead atoms. The van der Waals surface area contributed by atoms with Gasteiger partial charge in [-0.25, -0.2) is 8.42 Å². The lowest BCUT2D eigenvalue weighted by Gasteiger charge is -2.34. The van der Waals surface area contributed by atoms with Crippen molar-refractivity contribution in [1.29, 1.82) is 0 Å². The quantitative estimate of drug-likeness (QED) is 0.500. The molecule has 3 aromatic rings. The zero-order valence-electron chi connectivity index (χ0n) is 18.1. The van der Waals surface area contributed by atoms with Crippen LogP contribution in [0.3, 0.4) is 0 Å². The van der Waals surface area contributed by atoms with Crippen molar-refractivity contribution in [2.24, 2.45) is 0 Å². The van der Waals surface area contributed by atoms with Gasteiger partial charge in [0.25, 0.3) is 0 Å². The number of nitrogens with zero attached hydrogens (tertiary/aromatic N) is 2. The number of sulfonamides is 1. The Labute approximate surface area is 195 Å². The Hall–Kier alpha value is -2.38. The molecule has 0 unspecified atom stereocenters. The van der Waals surface area contributed by atoms with Gasteiger partial charge in [0.2, 0.25) is 10.0 Å². The van der Waals surface area contributed by atoms with Gasteiger partial charge < -0.3 is 4.74 Å². The molecule has 0 N–H and O–H groups in total. The fourth-order valence-corrected chi connectivity index (χ4v) is 5.29. The lowest BCUT2D eigenvalue weighted by Crippen LogP contribution is -2.48. The van der Waals surface area contributed by atoms with Crippen molar-refractivity contribution < 1.29 is 13.2 Å². The Bertz CT molecular complexity index is 1140. The molecule has 4 rings (SSSR count). The van der Waals surface area contributed by atoms with Crippen molar-refractivity contribution in [3.05, 3.63) is 94.5 Å². The Balaban J connectivity index is 1.36. The largest absolute Gasteiger partial charge is 0.489 e. The third-order valence-electron chi connectivity index (χ3n) is 5.66. The van der Waals surface area contributed by atoms with Crippen LogP contribution in [-0.2, 0) is 23.2 Å². The molecular weight excluding hydrogens is 444 g/mol. The lowest BCUT2D eigenvalue weighted by atomic mass is 10.1. The van der Waals surface area contributed by atoms with Gasteiger partial charge in [-0.15, -0.1) is 0 Å². The fraction of sp³-hybridized carbons (Fsp3) is 0.280. The highest BCUT2D eigenvalue weighted by Gasteiger charge is 2.28. The normalized spacial score (nSPS) is 15.6. The number of para-hydroxylation sites is 1. The van der Waals surface area contributed by atoms with Gasteiger partial charge in [0.05, 0.1) is 4.90 Å². The van der Waals surface area contributed by atoms with Crippen LogP contribution in [0.25, 0.3) is 0 Å². The molecule has 0 spiro atoms. The molecule has 0 atom stereocenters. The molecule has 1 saturated heterocycles. The molecule has 1 heterocycles. The Kier molecular flexibility index (Phi) is 7.16. The number of hydrogen-bond acceptors (Lipinski definition) is 4. The molecule has 0 aromatic heterocycles. The van der Waals surface area contributed by atoms with Gasteiger partial charge in [-0.1, -0.05) is 59.6 Å². The molecule has 7 heteroatoms. The summed E-state index contributed by atoms with van der Waals surface area (Å²) >= 11 is 5.95. The summed E-state index contributed by atoms with van der Waals surface area (Å²) in [6.45, 7) is 5.44. The smallest absolute Gasteiger partial charge is 0.243 e. The van der Waals surface area contributed by atoms with Gasteiger partial charge in [-0.3, -0.25) is 4.90 Å². The highest BCUT2D eigenvalue weighted by Crippen LogP contribution is 2.24. The van der Waals surface area contributed by atoms with Crippen LogP contribution < -0.4 is 4.74 Å². The molecule has 0 aliphatic carbocycles. The van der Waals surface area contributed by atoms with Crippen LogP contribution in [0.15, 0.2) is 77.7 Å². The van der Waals surface area contributed by atoms with Gasteiger partial charge in [0.15, 0.2) is 0 Å². The number of halogens is 1. The number of hydrogen-bond donors (Lipinski definition) is 0. The van der Waals surface area contributed by atoms with E-state index in [2.05, 4.69) is 11.0 Å². The van der Waals surface area contributed by atoms with Crippen LogP contribution in [0.4, 0.5) is 0 Å². The lowest BCUT2D eigenvalue weighted by molar-refractivity contribution is 0.178. The van der Waals surface area contributed by atoms with E-state index in [1.807, 2.05) is 61.5 Å². The Morgan fingerprint density at radius 2 is 1.53 bits per heavy atom. The number of rotatable bonds is 7. The Morgan fingerprint density at radius 1 is 0.875 bits per heavy atom. The summed E-state index contributed by atoms with van der Waals surface area (Å²) in [7, 11) is -3.45. The van der Waals surface area contributed by atoms with E-state index in [9.17, 15) is 8.42 Å². The third kappa shape index (κ3) is 5.51. The van der Waals surface area contributed by atoms with Crippen molar-refractivity contribution >= 4 is 21.6 Å². The molecule has 0 saturated carbocycles. The molecule has 1 aliphatic rings. The molecule has 1 aliphatic heterocycles. The van der Waals surface area contributed by atoms with Crippen LogP contribution in [0.1, 0.15) is 16.7 Å². The minimum absolute atomic E-state index is 0.359. The van der Waals surface area contributed by atoms with E-state index >= 15 is 0 Å². The molecule has 0 amide bonds. The van der Waals surface area contributed by atoms with E-state index in [0.717, 1.165) is 29.0 Å². The fourth-order valence-electron chi connectivity index (χ4n) is 3.75. The molecular formula is C25H27ClN2O3S. The van der Waals surface area contributed by atoms with E-state index < -0.39 is 10.0 Å². The number of ether oxygens (including phenoxy) is 1. The number of piperazine rings is 1. The van der Waals surface area contributed by atoms with Crippen LogP contribution >= 0.6 is 11.6 Å². The van der Waals surface area contributed by atoms with Crippen molar-refractivity contribution in [2.75, 3.05) is 26.2 Å². The van der Waals surface area contributed by atoms with Crippen molar-refractivity contribution in [2.45, 2.75) is 25.0 Å². The van der Waals surface area contributed by atoms with Gasteiger partial charge in [-0.2, -0.15) is 4.31 Å². The first kappa shape index (κ1) is 22.8. The maximum atomic E-state index is 12.9. The van der Waals surface area contributed by atoms with Gasteiger partial charge in [-0.05, 0) is 42.8 Å².